The maximum Gasteiger partial charge on any atom is 0.237 e. The Kier molecular flexibility index (Phi) is 8.14. The molecule has 0 aromatic carbocycles. The smallest absolute Gasteiger partial charge is 0.237 e. The minimum Gasteiger partial charge on any atom is -0.334 e. The van der Waals surface area contributed by atoms with Crippen molar-refractivity contribution in [1.29, 1.82) is 0 Å². The molecule has 4 nitrogen and oxygen atoms in total. The number of piperazine rings is 1. The third kappa shape index (κ3) is 4.15. The number of carbonyl (C=O) groups excluding carboxylic acids is 1. The Bertz CT molecular complexity index is 477. The fourth-order valence-corrected chi connectivity index (χ4v) is 4.21. The highest BCUT2D eigenvalue weighted by atomic mass is 35.5. The number of nitrogens with zero attached hydrogens (tertiary/aromatic N) is 2. The lowest BCUT2D eigenvalue weighted by molar-refractivity contribution is -0.135. The van der Waals surface area contributed by atoms with Gasteiger partial charge in [0.05, 0.1) is 12.6 Å². The molecular formula is C15H25Cl2N3OS. The molecule has 0 aliphatic carbocycles. The topological polar surface area (TPSA) is 35.6 Å². The maximum absolute atomic E-state index is 12.6. The zero-order valence-electron chi connectivity index (χ0n) is 12.9. The van der Waals surface area contributed by atoms with Crippen LogP contribution in [0.5, 0.6) is 0 Å². The van der Waals surface area contributed by atoms with Crippen molar-refractivity contribution >= 4 is 42.1 Å². The summed E-state index contributed by atoms with van der Waals surface area (Å²) in [5.74, 6) is 0.301. The van der Waals surface area contributed by atoms with Crippen LogP contribution in [0.3, 0.4) is 0 Å². The molecule has 0 bridgehead atoms. The zero-order chi connectivity index (χ0) is 13.9. The fraction of sp³-hybridized carbons (Fsp3) is 0.667. The zero-order valence-corrected chi connectivity index (χ0v) is 15.4. The molecule has 1 unspecified atom stereocenters. The van der Waals surface area contributed by atoms with E-state index in [1.165, 1.54) is 10.4 Å². The number of halogens is 2. The van der Waals surface area contributed by atoms with Crippen molar-refractivity contribution in [3.8, 4) is 0 Å². The lowest BCUT2D eigenvalue weighted by Gasteiger charge is -2.37. The molecule has 1 fully saturated rings. The molecule has 0 saturated carbocycles. The second-order valence-corrected chi connectivity index (χ2v) is 6.59. The van der Waals surface area contributed by atoms with Gasteiger partial charge in [0.15, 0.2) is 0 Å². The number of hydrogen-bond acceptors (Lipinski definition) is 4. The van der Waals surface area contributed by atoms with Crippen LogP contribution in [-0.4, -0.2) is 55.0 Å². The van der Waals surface area contributed by atoms with Gasteiger partial charge in [-0.3, -0.25) is 9.69 Å². The predicted octanol–water partition coefficient (Wildman–Crippen LogP) is 2.33. The highest BCUT2D eigenvalue weighted by molar-refractivity contribution is 7.10. The van der Waals surface area contributed by atoms with Crippen molar-refractivity contribution in [1.82, 2.24) is 15.1 Å². The molecule has 0 spiro atoms. The summed E-state index contributed by atoms with van der Waals surface area (Å²) in [5, 5.41) is 5.50. The van der Waals surface area contributed by atoms with Gasteiger partial charge >= 0.3 is 0 Å². The van der Waals surface area contributed by atoms with Crippen molar-refractivity contribution in [2.75, 3.05) is 39.3 Å². The molecule has 3 heterocycles. The van der Waals surface area contributed by atoms with Crippen molar-refractivity contribution in [2.24, 2.45) is 0 Å². The first-order chi connectivity index (χ1) is 9.79. The van der Waals surface area contributed by atoms with Gasteiger partial charge in [-0.2, -0.15) is 0 Å². The lowest BCUT2D eigenvalue weighted by atomic mass is 9.97. The van der Waals surface area contributed by atoms with E-state index in [2.05, 4.69) is 33.5 Å². The van der Waals surface area contributed by atoms with Crippen LogP contribution in [0, 0.1) is 0 Å². The average molecular weight is 366 g/mol. The van der Waals surface area contributed by atoms with Gasteiger partial charge in [0.25, 0.3) is 0 Å². The minimum absolute atomic E-state index is 0. The van der Waals surface area contributed by atoms with Crippen molar-refractivity contribution in [2.45, 2.75) is 25.8 Å². The van der Waals surface area contributed by atoms with Gasteiger partial charge < -0.3 is 10.2 Å². The van der Waals surface area contributed by atoms with Gasteiger partial charge in [-0.15, -0.1) is 36.2 Å². The van der Waals surface area contributed by atoms with Gasteiger partial charge in [0, 0.05) is 37.6 Å². The number of amides is 1. The van der Waals surface area contributed by atoms with Crippen LogP contribution >= 0.6 is 36.2 Å². The number of hydrogen-bond donors (Lipinski definition) is 1. The Morgan fingerprint density at radius 1 is 1.32 bits per heavy atom. The molecule has 2 aliphatic heterocycles. The van der Waals surface area contributed by atoms with E-state index in [1.54, 1.807) is 0 Å². The molecule has 1 aromatic rings. The number of nitrogens with one attached hydrogen (secondary N) is 1. The fourth-order valence-electron chi connectivity index (χ4n) is 3.29. The first kappa shape index (κ1) is 19.7. The van der Waals surface area contributed by atoms with Crippen LogP contribution in [-0.2, 0) is 11.2 Å². The highest BCUT2D eigenvalue weighted by Gasteiger charge is 2.30. The first-order valence-corrected chi connectivity index (χ1v) is 8.46. The predicted molar refractivity (Wildman–Crippen MR) is 96.6 cm³/mol. The first-order valence-electron chi connectivity index (χ1n) is 7.58. The Hall–Kier alpha value is -0.330. The van der Waals surface area contributed by atoms with E-state index in [1.807, 2.05) is 11.3 Å². The molecule has 1 aromatic heterocycles. The van der Waals surface area contributed by atoms with Gasteiger partial charge in [-0.05, 0) is 29.9 Å². The van der Waals surface area contributed by atoms with Crippen LogP contribution < -0.4 is 5.32 Å². The van der Waals surface area contributed by atoms with E-state index < -0.39 is 0 Å². The van der Waals surface area contributed by atoms with E-state index >= 15 is 0 Å². The van der Waals surface area contributed by atoms with Crippen molar-refractivity contribution in [3.05, 3.63) is 21.9 Å². The maximum atomic E-state index is 12.6. The molecule has 1 N–H and O–H groups in total. The summed E-state index contributed by atoms with van der Waals surface area (Å²) in [6.45, 7) is 7.62. The van der Waals surface area contributed by atoms with Gasteiger partial charge in [-0.25, -0.2) is 0 Å². The Balaban J connectivity index is 0.00000121. The molecule has 22 heavy (non-hydrogen) atoms. The Morgan fingerprint density at radius 2 is 2.05 bits per heavy atom. The molecule has 7 heteroatoms. The van der Waals surface area contributed by atoms with Crippen molar-refractivity contribution < 1.29 is 4.79 Å². The van der Waals surface area contributed by atoms with Crippen LogP contribution in [0.4, 0.5) is 0 Å². The second kappa shape index (κ2) is 9.08. The molecule has 1 amide bonds. The molecule has 126 valence electrons. The average Bonchev–Trinajstić information content (AvgIpc) is 2.95. The largest absolute Gasteiger partial charge is 0.334 e. The molecular weight excluding hydrogens is 341 g/mol. The molecule has 2 aliphatic rings. The van der Waals surface area contributed by atoms with Crippen LogP contribution in [0.25, 0.3) is 0 Å². The van der Waals surface area contributed by atoms with Gasteiger partial charge in [0.1, 0.15) is 0 Å². The standard InChI is InChI=1S/C15H23N3OS.2ClH/c1-2-13-12-4-10-20-14(12)3-7-18(13)15(19)11-17-8-5-16-6-9-17;;/h4,10,13,16H,2-3,5-9,11H2,1H3;2*1H. The summed E-state index contributed by atoms with van der Waals surface area (Å²) in [7, 11) is 0. The second-order valence-electron chi connectivity index (χ2n) is 5.59. The van der Waals surface area contributed by atoms with E-state index in [0.29, 0.717) is 18.5 Å². The summed E-state index contributed by atoms with van der Waals surface area (Å²) in [6.07, 6.45) is 2.04. The lowest BCUT2D eigenvalue weighted by Crippen LogP contribution is -2.50. The van der Waals surface area contributed by atoms with E-state index in [0.717, 1.165) is 45.6 Å². The minimum atomic E-state index is 0. The summed E-state index contributed by atoms with van der Waals surface area (Å²) in [4.78, 5) is 18.5. The molecule has 1 saturated heterocycles. The van der Waals surface area contributed by atoms with Gasteiger partial charge in [0.2, 0.25) is 5.91 Å². The van der Waals surface area contributed by atoms with E-state index in [9.17, 15) is 4.79 Å². The van der Waals surface area contributed by atoms with Crippen molar-refractivity contribution in [3.63, 3.8) is 0 Å². The number of fused-ring (bicyclic) bond motifs is 1. The monoisotopic (exact) mass is 365 g/mol. The normalized spacial score (nSPS) is 21.5. The van der Waals surface area contributed by atoms with Crippen LogP contribution in [0.1, 0.15) is 29.8 Å². The third-order valence-electron chi connectivity index (χ3n) is 4.37. The Labute approximate surface area is 149 Å². The highest BCUT2D eigenvalue weighted by Crippen LogP contribution is 2.35. The number of carbonyl (C=O) groups is 1. The van der Waals surface area contributed by atoms with Gasteiger partial charge in [-0.1, -0.05) is 6.92 Å². The molecule has 1 atom stereocenters. The SMILES string of the molecule is CCC1c2ccsc2CCN1C(=O)CN1CCNCC1.Cl.Cl. The number of thiophene rings is 1. The van der Waals surface area contributed by atoms with Crippen LogP contribution in [0.15, 0.2) is 11.4 Å². The molecule has 0 radical (unpaired) electrons. The van der Waals surface area contributed by atoms with Crippen LogP contribution in [0.2, 0.25) is 0 Å². The molecule has 3 rings (SSSR count). The Morgan fingerprint density at radius 3 is 2.73 bits per heavy atom. The summed E-state index contributed by atoms with van der Waals surface area (Å²) in [5.41, 5.74) is 1.39. The summed E-state index contributed by atoms with van der Waals surface area (Å²) in [6, 6.07) is 2.50. The quantitative estimate of drug-likeness (QED) is 0.892. The summed E-state index contributed by atoms with van der Waals surface area (Å²) < 4.78 is 0. The number of rotatable bonds is 3. The summed E-state index contributed by atoms with van der Waals surface area (Å²) >= 11 is 1.84. The van der Waals surface area contributed by atoms with E-state index in [4.69, 9.17) is 0 Å². The van der Waals surface area contributed by atoms with E-state index in [-0.39, 0.29) is 24.8 Å². The third-order valence-corrected chi connectivity index (χ3v) is 5.37.